The lowest BCUT2D eigenvalue weighted by Gasteiger charge is -1.94. The van der Waals surface area contributed by atoms with Gasteiger partial charge in [-0.2, -0.15) is 0 Å². The third kappa shape index (κ3) is 2.50. The van der Waals surface area contributed by atoms with Gasteiger partial charge in [0.1, 0.15) is 5.01 Å². The van der Waals surface area contributed by atoms with Crippen molar-refractivity contribution in [2.45, 2.75) is 13.5 Å². The molecular weight excluding hydrogens is 164 g/mol. The van der Waals surface area contributed by atoms with Crippen molar-refractivity contribution in [2.24, 2.45) is 0 Å². The van der Waals surface area contributed by atoms with E-state index in [0.717, 1.165) is 5.01 Å². The van der Waals surface area contributed by atoms with E-state index < -0.39 is 0 Å². The van der Waals surface area contributed by atoms with Crippen molar-refractivity contribution >= 4 is 22.4 Å². The molecule has 0 aliphatic heterocycles. The number of nitrogens with two attached hydrogens (primary N) is 1. The maximum absolute atomic E-state index is 10.4. The van der Waals surface area contributed by atoms with Gasteiger partial charge in [-0.3, -0.25) is 4.79 Å². The molecular formula is C5H8N4OS. The summed E-state index contributed by atoms with van der Waals surface area (Å²) < 4.78 is 0. The van der Waals surface area contributed by atoms with Gasteiger partial charge >= 0.3 is 0 Å². The highest BCUT2D eigenvalue weighted by molar-refractivity contribution is 7.15. The summed E-state index contributed by atoms with van der Waals surface area (Å²) in [7, 11) is 0. The van der Waals surface area contributed by atoms with Crippen LogP contribution in [0, 0.1) is 0 Å². The molecule has 0 bridgehead atoms. The number of nitrogen functional groups attached to an aromatic ring is 1. The van der Waals surface area contributed by atoms with Crippen molar-refractivity contribution in [2.75, 3.05) is 5.73 Å². The molecule has 1 amide bonds. The summed E-state index contributed by atoms with van der Waals surface area (Å²) in [5.74, 6) is -0.0845. The number of amides is 1. The first kappa shape index (κ1) is 7.93. The first-order valence-electron chi connectivity index (χ1n) is 3.01. The second-order valence-corrected chi connectivity index (χ2v) is 3.04. The Balaban J connectivity index is 2.45. The molecule has 11 heavy (non-hydrogen) atoms. The van der Waals surface area contributed by atoms with Crippen molar-refractivity contribution in [1.29, 1.82) is 0 Å². The lowest BCUT2D eigenvalue weighted by atomic mass is 10.6. The first-order valence-corrected chi connectivity index (χ1v) is 3.82. The number of carbonyl (C=O) groups is 1. The Morgan fingerprint density at radius 3 is 2.91 bits per heavy atom. The van der Waals surface area contributed by atoms with E-state index in [1.165, 1.54) is 18.3 Å². The monoisotopic (exact) mass is 172 g/mol. The molecule has 0 spiro atoms. The van der Waals surface area contributed by atoms with Crippen LogP contribution in [0.15, 0.2) is 0 Å². The van der Waals surface area contributed by atoms with E-state index in [9.17, 15) is 4.79 Å². The fraction of sp³-hybridized carbons (Fsp3) is 0.400. The average Bonchev–Trinajstić information content (AvgIpc) is 2.31. The lowest BCUT2D eigenvalue weighted by Crippen LogP contribution is -2.18. The molecule has 0 aromatic carbocycles. The molecule has 0 fully saturated rings. The number of hydrogen-bond acceptors (Lipinski definition) is 5. The lowest BCUT2D eigenvalue weighted by molar-refractivity contribution is -0.119. The van der Waals surface area contributed by atoms with Gasteiger partial charge in [0.15, 0.2) is 0 Å². The summed E-state index contributed by atoms with van der Waals surface area (Å²) >= 11 is 1.27. The van der Waals surface area contributed by atoms with E-state index in [-0.39, 0.29) is 5.91 Å². The number of anilines is 1. The van der Waals surface area contributed by atoms with Crippen molar-refractivity contribution < 1.29 is 4.79 Å². The van der Waals surface area contributed by atoms with Crippen molar-refractivity contribution in [3.63, 3.8) is 0 Å². The maximum atomic E-state index is 10.4. The number of nitrogens with zero attached hydrogens (tertiary/aromatic N) is 2. The van der Waals surface area contributed by atoms with Gasteiger partial charge < -0.3 is 11.1 Å². The Morgan fingerprint density at radius 1 is 1.73 bits per heavy atom. The zero-order chi connectivity index (χ0) is 8.27. The molecule has 0 atom stereocenters. The van der Waals surface area contributed by atoms with Gasteiger partial charge in [0, 0.05) is 6.92 Å². The van der Waals surface area contributed by atoms with Crippen LogP contribution in [0.25, 0.3) is 0 Å². The third-order valence-corrected chi connectivity index (χ3v) is 1.72. The Labute approximate surface area is 67.6 Å². The largest absolute Gasteiger partial charge is 0.374 e. The fourth-order valence-electron chi connectivity index (χ4n) is 0.538. The van der Waals surface area contributed by atoms with E-state index in [0.29, 0.717) is 11.7 Å². The second kappa shape index (κ2) is 3.29. The fourth-order valence-corrected chi connectivity index (χ4v) is 1.09. The van der Waals surface area contributed by atoms with Gasteiger partial charge in [-0.25, -0.2) is 0 Å². The average molecular weight is 172 g/mol. The Kier molecular flexibility index (Phi) is 2.37. The zero-order valence-corrected chi connectivity index (χ0v) is 6.81. The predicted molar refractivity (Wildman–Crippen MR) is 41.8 cm³/mol. The molecule has 1 rings (SSSR count). The van der Waals surface area contributed by atoms with Crippen LogP contribution in [0.2, 0.25) is 0 Å². The Morgan fingerprint density at radius 2 is 2.45 bits per heavy atom. The Bertz CT molecular complexity index is 259. The molecule has 0 saturated carbocycles. The molecule has 60 valence electrons. The summed E-state index contributed by atoms with van der Waals surface area (Å²) in [5, 5.41) is 11.0. The smallest absolute Gasteiger partial charge is 0.217 e. The van der Waals surface area contributed by atoms with Crippen LogP contribution in [-0.2, 0) is 11.3 Å². The predicted octanol–water partition coefficient (Wildman–Crippen LogP) is -0.244. The highest BCUT2D eigenvalue weighted by atomic mass is 32.1. The van der Waals surface area contributed by atoms with Gasteiger partial charge in [0.25, 0.3) is 0 Å². The second-order valence-electron chi connectivity index (χ2n) is 1.94. The highest BCUT2D eigenvalue weighted by Crippen LogP contribution is 2.09. The third-order valence-electron chi connectivity index (χ3n) is 0.971. The number of carbonyl (C=O) groups excluding carboxylic acids is 1. The number of aromatic nitrogens is 2. The highest BCUT2D eigenvalue weighted by Gasteiger charge is 2.00. The zero-order valence-electron chi connectivity index (χ0n) is 6.00. The van der Waals surface area contributed by atoms with Gasteiger partial charge in [0.05, 0.1) is 6.54 Å². The normalized spacial score (nSPS) is 9.55. The number of nitrogens with one attached hydrogen (secondary N) is 1. The van der Waals surface area contributed by atoms with Crippen LogP contribution in [0.4, 0.5) is 5.13 Å². The number of rotatable bonds is 2. The summed E-state index contributed by atoms with van der Waals surface area (Å²) in [6.45, 7) is 1.86. The van der Waals surface area contributed by atoms with Crippen LogP contribution in [0.3, 0.4) is 0 Å². The molecule has 0 saturated heterocycles. The number of hydrogen-bond donors (Lipinski definition) is 2. The quantitative estimate of drug-likeness (QED) is 0.645. The molecule has 1 heterocycles. The molecule has 0 radical (unpaired) electrons. The van der Waals surface area contributed by atoms with Crippen LogP contribution in [0.1, 0.15) is 11.9 Å². The first-order chi connectivity index (χ1) is 5.18. The van der Waals surface area contributed by atoms with Crippen LogP contribution >= 0.6 is 11.3 Å². The minimum absolute atomic E-state index is 0.0845. The molecule has 5 nitrogen and oxygen atoms in total. The Hall–Kier alpha value is -1.17. The van der Waals surface area contributed by atoms with Crippen molar-refractivity contribution in [1.82, 2.24) is 15.5 Å². The van der Waals surface area contributed by atoms with Crippen molar-refractivity contribution in [3.8, 4) is 0 Å². The summed E-state index contributed by atoms with van der Waals surface area (Å²) in [5.41, 5.74) is 5.32. The van der Waals surface area contributed by atoms with Gasteiger partial charge in [0.2, 0.25) is 11.0 Å². The summed E-state index contributed by atoms with van der Waals surface area (Å²) in [4.78, 5) is 10.4. The van der Waals surface area contributed by atoms with Crippen LogP contribution in [-0.4, -0.2) is 16.1 Å². The minimum atomic E-state index is -0.0845. The molecule has 1 aromatic rings. The van der Waals surface area contributed by atoms with E-state index in [1.807, 2.05) is 0 Å². The van der Waals surface area contributed by atoms with Crippen molar-refractivity contribution in [3.05, 3.63) is 5.01 Å². The summed E-state index contributed by atoms with van der Waals surface area (Å²) in [6.07, 6.45) is 0. The van der Waals surface area contributed by atoms with E-state index in [4.69, 9.17) is 5.73 Å². The summed E-state index contributed by atoms with van der Waals surface area (Å²) in [6, 6.07) is 0. The molecule has 0 aliphatic rings. The van der Waals surface area contributed by atoms with E-state index >= 15 is 0 Å². The molecule has 0 unspecified atom stereocenters. The molecule has 1 aromatic heterocycles. The van der Waals surface area contributed by atoms with Crippen LogP contribution in [0.5, 0.6) is 0 Å². The van der Waals surface area contributed by atoms with Crippen LogP contribution < -0.4 is 11.1 Å². The van der Waals surface area contributed by atoms with E-state index in [2.05, 4.69) is 15.5 Å². The van der Waals surface area contributed by atoms with Gasteiger partial charge in [-0.05, 0) is 0 Å². The maximum Gasteiger partial charge on any atom is 0.217 e. The molecule has 3 N–H and O–H groups in total. The minimum Gasteiger partial charge on any atom is -0.374 e. The topological polar surface area (TPSA) is 80.9 Å². The van der Waals surface area contributed by atoms with Gasteiger partial charge in [-0.1, -0.05) is 11.3 Å². The molecule has 6 heteroatoms. The van der Waals surface area contributed by atoms with Gasteiger partial charge in [-0.15, -0.1) is 10.2 Å². The van der Waals surface area contributed by atoms with E-state index in [1.54, 1.807) is 0 Å². The standard InChI is InChI=1S/C5H8N4OS/c1-3(10)7-2-4-8-9-5(6)11-4/h2H2,1H3,(H2,6,9)(H,7,10). The SMILES string of the molecule is CC(=O)NCc1nnc(N)s1. The molecule has 0 aliphatic carbocycles.